The quantitative estimate of drug-likeness (QED) is 0.908. The minimum absolute atomic E-state index is 0.108. The van der Waals surface area contributed by atoms with Crippen LogP contribution in [0, 0.1) is 0 Å². The molecule has 2 rings (SSSR count). The zero-order valence-corrected chi connectivity index (χ0v) is 14.0. The van der Waals surface area contributed by atoms with Crippen LogP contribution in [0.3, 0.4) is 0 Å². The van der Waals surface area contributed by atoms with E-state index in [1.165, 1.54) is 0 Å². The molecule has 1 N–H and O–H groups in total. The van der Waals surface area contributed by atoms with Crippen molar-refractivity contribution in [2.24, 2.45) is 0 Å². The van der Waals surface area contributed by atoms with Gasteiger partial charge in [-0.25, -0.2) is 8.42 Å². The van der Waals surface area contributed by atoms with Crippen LogP contribution < -0.4 is 10.1 Å². The van der Waals surface area contributed by atoms with E-state index in [4.69, 9.17) is 4.74 Å². The fraction of sp³-hybridized carbons (Fsp3) is 0.625. The molecule has 1 aromatic carbocycles. The van der Waals surface area contributed by atoms with Gasteiger partial charge in [0.1, 0.15) is 5.75 Å². The van der Waals surface area contributed by atoms with Crippen LogP contribution in [0.5, 0.6) is 5.75 Å². The van der Waals surface area contributed by atoms with E-state index in [2.05, 4.69) is 12.2 Å². The summed E-state index contributed by atoms with van der Waals surface area (Å²) in [5.41, 5.74) is 0.808. The maximum absolute atomic E-state index is 11.7. The molecule has 0 radical (unpaired) electrons. The maximum atomic E-state index is 11.7. The predicted molar refractivity (Wildman–Crippen MR) is 85.4 cm³/mol. The largest absolute Gasteiger partial charge is 0.491 e. The van der Waals surface area contributed by atoms with Gasteiger partial charge in [-0.3, -0.25) is 0 Å². The molecule has 1 saturated heterocycles. The van der Waals surface area contributed by atoms with Crippen molar-refractivity contribution < 1.29 is 13.2 Å². The summed E-state index contributed by atoms with van der Waals surface area (Å²) in [6.45, 7) is 8.05. The van der Waals surface area contributed by atoms with Crippen molar-refractivity contribution >= 4 is 9.84 Å². The van der Waals surface area contributed by atoms with Gasteiger partial charge in [-0.05, 0) is 51.8 Å². The van der Waals surface area contributed by atoms with E-state index < -0.39 is 9.84 Å². The third-order valence-corrected chi connectivity index (χ3v) is 5.72. The molecule has 1 aromatic rings. The topological polar surface area (TPSA) is 55.4 Å². The minimum Gasteiger partial charge on any atom is -0.491 e. The molecule has 118 valence electrons. The van der Waals surface area contributed by atoms with Crippen LogP contribution in [-0.4, -0.2) is 31.6 Å². The summed E-state index contributed by atoms with van der Waals surface area (Å²) in [5.74, 6) is 1.36. The molecule has 0 aromatic heterocycles. The van der Waals surface area contributed by atoms with Crippen molar-refractivity contribution in [2.45, 2.75) is 51.8 Å². The van der Waals surface area contributed by atoms with E-state index in [9.17, 15) is 8.42 Å². The first-order chi connectivity index (χ1) is 9.69. The molecule has 1 heterocycles. The number of hydrogen-bond donors (Lipinski definition) is 1. The molecule has 0 bridgehead atoms. The van der Waals surface area contributed by atoms with Crippen LogP contribution in [0.15, 0.2) is 24.3 Å². The van der Waals surface area contributed by atoms with E-state index in [0.717, 1.165) is 11.3 Å². The average molecular weight is 311 g/mol. The van der Waals surface area contributed by atoms with Gasteiger partial charge in [-0.2, -0.15) is 0 Å². The lowest BCUT2D eigenvalue weighted by molar-refractivity contribution is 0.242. The smallest absolute Gasteiger partial charge is 0.152 e. The van der Waals surface area contributed by atoms with Gasteiger partial charge in [0.05, 0.1) is 17.6 Å². The number of benzene rings is 1. The summed E-state index contributed by atoms with van der Waals surface area (Å²) in [4.78, 5) is 0. The molecular formula is C16H25NO3S. The first-order valence-electron chi connectivity index (χ1n) is 7.44. The van der Waals surface area contributed by atoms with Gasteiger partial charge in [0.2, 0.25) is 0 Å². The van der Waals surface area contributed by atoms with Crippen LogP contribution >= 0.6 is 0 Å². The van der Waals surface area contributed by atoms with Gasteiger partial charge in [0.25, 0.3) is 0 Å². The van der Waals surface area contributed by atoms with Gasteiger partial charge < -0.3 is 10.1 Å². The summed E-state index contributed by atoms with van der Waals surface area (Å²) >= 11 is 0. The summed E-state index contributed by atoms with van der Waals surface area (Å²) in [6.07, 6.45) is 0.836. The third kappa shape index (κ3) is 4.45. The highest BCUT2D eigenvalue weighted by Gasteiger charge is 2.38. The molecule has 21 heavy (non-hydrogen) atoms. The minimum atomic E-state index is -2.88. The lowest BCUT2D eigenvalue weighted by Gasteiger charge is -2.29. The zero-order valence-electron chi connectivity index (χ0n) is 13.2. The lowest BCUT2D eigenvalue weighted by atomic mass is 9.98. The molecule has 0 spiro atoms. The Hall–Kier alpha value is -1.07. The van der Waals surface area contributed by atoms with Crippen LogP contribution in [0.2, 0.25) is 0 Å². The summed E-state index contributed by atoms with van der Waals surface area (Å²) < 4.78 is 28.9. The summed E-state index contributed by atoms with van der Waals surface area (Å²) in [7, 11) is -2.88. The van der Waals surface area contributed by atoms with Crippen LogP contribution in [0.1, 0.15) is 45.7 Å². The van der Waals surface area contributed by atoms with E-state index >= 15 is 0 Å². The maximum Gasteiger partial charge on any atom is 0.152 e. The van der Waals surface area contributed by atoms with Crippen LogP contribution in [0.25, 0.3) is 0 Å². The molecule has 4 nitrogen and oxygen atoms in total. The van der Waals surface area contributed by atoms with Crippen molar-refractivity contribution in [1.82, 2.24) is 5.32 Å². The molecule has 0 amide bonds. The van der Waals surface area contributed by atoms with Crippen molar-refractivity contribution in [3.63, 3.8) is 0 Å². The Morgan fingerprint density at radius 1 is 1.19 bits per heavy atom. The standard InChI is InChI=1S/C16H25NO3S/c1-12(2)20-15-7-5-14(6-8-15)13(3)17-16(4)9-10-21(18,19)11-16/h5-8,12-13,17H,9-11H2,1-4H3. The molecule has 5 heteroatoms. The van der Waals surface area contributed by atoms with E-state index in [1.807, 2.05) is 45.0 Å². The molecule has 0 saturated carbocycles. The number of rotatable bonds is 5. The Kier molecular flexibility index (Phi) is 4.63. The van der Waals surface area contributed by atoms with E-state index in [0.29, 0.717) is 6.42 Å². The second-order valence-corrected chi connectivity index (χ2v) is 8.69. The first kappa shape index (κ1) is 16.3. The van der Waals surface area contributed by atoms with E-state index in [1.54, 1.807) is 0 Å². The predicted octanol–water partition coefficient (Wildman–Crippen LogP) is 2.70. The molecule has 0 aliphatic carbocycles. The van der Waals surface area contributed by atoms with Gasteiger partial charge in [0.15, 0.2) is 9.84 Å². The fourth-order valence-electron chi connectivity index (χ4n) is 2.84. The molecular weight excluding hydrogens is 286 g/mol. The highest BCUT2D eigenvalue weighted by molar-refractivity contribution is 7.91. The molecule has 1 aliphatic heterocycles. The van der Waals surface area contributed by atoms with Gasteiger partial charge in [-0.1, -0.05) is 12.1 Å². The molecule has 1 aliphatic rings. The molecule has 1 fully saturated rings. The summed E-state index contributed by atoms with van der Waals surface area (Å²) in [5, 5.41) is 3.47. The number of sulfone groups is 1. The SMILES string of the molecule is CC(C)Oc1ccc(C(C)NC2(C)CCS(=O)(=O)C2)cc1. The average Bonchev–Trinajstić information content (AvgIpc) is 2.63. The highest BCUT2D eigenvalue weighted by atomic mass is 32.2. The summed E-state index contributed by atoms with van der Waals surface area (Å²) in [6, 6.07) is 8.09. The first-order valence-corrected chi connectivity index (χ1v) is 9.26. The molecule has 2 atom stereocenters. The van der Waals surface area contributed by atoms with Crippen molar-refractivity contribution in [3.05, 3.63) is 29.8 Å². The fourth-order valence-corrected chi connectivity index (χ4v) is 4.94. The third-order valence-electron chi connectivity index (χ3n) is 3.82. The van der Waals surface area contributed by atoms with Crippen molar-refractivity contribution in [3.8, 4) is 5.75 Å². The number of nitrogens with one attached hydrogen (secondary N) is 1. The lowest BCUT2D eigenvalue weighted by Crippen LogP contribution is -2.44. The zero-order chi connectivity index (χ0) is 15.7. The van der Waals surface area contributed by atoms with Gasteiger partial charge >= 0.3 is 0 Å². The Labute approximate surface area is 127 Å². The van der Waals surface area contributed by atoms with Crippen LogP contribution in [0.4, 0.5) is 0 Å². The van der Waals surface area contributed by atoms with Crippen molar-refractivity contribution in [2.75, 3.05) is 11.5 Å². The van der Waals surface area contributed by atoms with Crippen LogP contribution in [-0.2, 0) is 9.84 Å². The van der Waals surface area contributed by atoms with Crippen molar-refractivity contribution in [1.29, 1.82) is 0 Å². The Morgan fingerprint density at radius 3 is 2.29 bits per heavy atom. The highest BCUT2D eigenvalue weighted by Crippen LogP contribution is 2.27. The second kappa shape index (κ2) is 5.97. The van der Waals surface area contributed by atoms with Gasteiger partial charge in [-0.15, -0.1) is 0 Å². The number of ether oxygens (including phenoxy) is 1. The Balaban J connectivity index is 2.02. The Bertz CT molecular complexity index is 580. The molecule has 2 unspecified atom stereocenters. The second-order valence-electron chi connectivity index (χ2n) is 6.50. The normalized spacial score (nSPS) is 26.0. The van der Waals surface area contributed by atoms with E-state index in [-0.39, 0.29) is 29.2 Å². The van der Waals surface area contributed by atoms with Gasteiger partial charge in [0, 0.05) is 11.6 Å². The Morgan fingerprint density at radius 2 is 1.81 bits per heavy atom. The monoisotopic (exact) mass is 311 g/mol. The number of hydrogen-bond acceptors (Lipinski definition) is 4.